The predicted octanol–water partition coefficient (Wildman–Crippen LogP) is 1.35. The number of rotatable bonds is 5. The fourth-order valence-electron chi connectivity index (χ4n) is 2.20. The molecule has 26 heavy (non-hydrogen) atoms. The van der Waals surface area contributed by atoms with Crippen LogP contribution in [-0.2, 0) is 6.54 Å². The highest BCUT2D eigenvalue weighted by Crippen LogP contribution is 2.12. The maximum absolute atomic E-state index is 12.1. The van der Waals surface area contributed by atoms with Gasteiger partial charge in [-0.2, -0.15) is 5.10 Å². The SMILES string of the molecule is O=C(Nc1cccc(CNC(=O)c2ccc(=O)[nH]n2)c1)c1cccnc1. The standard InChI is InChI=1S/C18H15N5O3/c24-16-7-6-15(22-23-16)18(26)20-10-12-3-1-5-14(9-12)21-17(25)13-4-2-8-19-11-13/h1-9,11H,10H2,(H,20,26)(H,21,25)(H,23,24). The maximum atomic E-state index is 12.1. The molecule has 8 nitrogen and oxygen atoms in total. The lowest BCUT2D eigenvalue weighted by Crippen LogP contribution is -2.25. The molecule has 8 heteroatoms. The van der Waals surface area contributed by atoms with Crippen LogP contribution < -0.4 is 16.2 Å². The molecule has 1 aromatic carbocycles. The van der Waals surface area contributed by atoms with Crippen LogP contribution in [0.5, 0.6) is 0 Å². The van der Waals surface area contributed by atoms with Crippen molar-refractivity contribution >= 4 is 17.5 Å². The van der Waals surface area contributed by atoms with Crippen LogP contribution in [0.4, 0.5) is 5.69 Å². The molecule has 3 rings (SSSR count). The molecule has 0 radical (unpaired) electrons. The second kappa shape index (κ2) is 7.84. The molecule has 3 N–H and O–H groups in total. The van der Waals surface area contributed by atoms with Crippen LogP contribution in [0.1, 0.15) is 26.4 Å². The van der Waals surface area contributed by atoms with Crippen molar-refractivity contribution in [2.45, 2.75) is 6.54 Å². The van der Waals surface area contributed by atoms with Gasteiger partial charge in [-0.05, 0) is 35.9 Å². The number of H-pyrrole nitrogens is 1. The van der Waals surface area contributed by atoms with Crippen LogP contribution in [0.2, 0.25) is 0 Å². The molecule has 130 valence electrons. The van der Waals surface area contributed by atoms with E-state index in [0.717, 1.165) is 5.56 Å². The van der Waals surface area contributed by atoms with Gasteiger partial charge in [0.05, 0.1) is 5.56 Å². The van der Waals surface area contributed by atoms with Crippen molar-refractivity contribution in [2.75, 3.05) is 5.32 Å². The van der Waals surface area contributed by atoms with E-state index in [-0.39, 0.29) is 23.7 Å². The van der Waals surface area contributed by atoms with Gasteiger partial charge in [-0.1, -0.05) is 12.1 Å². The van der Waals surface area contributed by atoms with Crippen LogP contribution in [0.3, 0.4) is 0 Å². The average Bonchev–Trinajstić information content (AvgIpc) is 2.67. The molecule has 0 unspecified atom stereocenters. The molecule has 0 spiro atoms. The highest BCUT2D eigenvalue weighted by atomic mass is 16.2. The number of nitrogens with zero attached hydrogens (tertiary/aromatic N) is 2. The first-order valence-corrected chi connectivity index (χ1v) is 7.76. The first kappa shape index (κ1) is 17.0. The van der Waals surface area contributed by atoms with Gasteiger partial charge in [-0.15, -0.1) is 0 Å². The van der Waals surface area contributed by atoms with E-state index in [1.54, 1.807) is 36.5 Å². The molecule has 0 aliphatic carbocycles. The third-order valence-corrected chi connectivity index (χ3v) is 3.47. The molecule has 2 heterocycles. The minimum absolute atomic E-state index is 0.116. The molecular weight excluding hydrogens is 334 g/mol. The Morgan fingerprint density at radius 3 is 2.65 bits per heavy atom. The summed E-state index contributed by atoms with van der Waals surface area (Å²) in [6, 6.07) is 13.0. The number of benzene rings is 1. The van der Waals surface area contributed by atoms with E-state index in [1.165, 1.54) is 18.3 Å². The number of aromatic nitrogens is 3. The van der Waals surface area contributed by atoms with Crippen molar-refractivity contribution < 1.29 is 9.59 Å². The second-order valence-corrected chi connectivity index (χ2v) is 5.39. The van der Waals surface area contributed by atoms with Crippen molar-refractivity contribution in [2.24, 2.45) is 0 Å². The molecule has 0 saturated carbocycles. The Morgan fingerprint density at radius 1 is 1.04 bits per heavy atom. The number of nitrogens with one attached hydrogen (secondary N) is 3. The van der Waals surface area contributed by atoms with E-state index in [9.17, 15) is 14.4 Å². The predicted molar refractivity (Wildman–Crippen MR) is 94.7 cm³/mol. The Balaban J connectivity index is 1.62. The normalized spacial score (nSPS) is 10.2. The number of amides is 2. The van der Waals surface area contributed by atoms with Crippen LogP contribution in [0, 0.1) is 0 Å². The third kappa shape index (κ3) is 4.38. The monoisotopic (exact) mass is 349 g/mol. The minimum Gasteiger partial charge on any atom is -0.347 e. The van der Waals surface area contributed by atoms with Crippen LogP contribution in [-0.4, -0.2) is 27.0 Å². The smallest absolute Gasteiger partial charge is 0.271 e. The van der Waals surface area contributed by atoms with Crippen LogP contribution in [0.25, 0.3) is 0 Å². The molecule has 0 aliphatic rings. The fourth-order valence-corrected chi connectivity index (χ4v) is 2.20. The zero-order chi connectivity index (χ0) is 18.4. The van der Waals surface area contributed by atoms with Crippen molar-refractivity contribution in [1.82, 2.24) is 20.5 Å². The van der Waals surface area contributed by atoms with Gasteiger partial charge in [0.1, 0.15) is 5.69 Å². The van der Waals surface area contributed by atoms with Crippen molar-refractivity contribution in [1.29, 1.82) is 0 Å². The molecule has 0 saturated heterocycles. The number of aromatic amines is 1. The van der Waals surface area contributed by atoms with Gasteiger partial charge in [0.15, 0.2) is 0 Å². The Hall–Kier alpha value is -3.81. The highest BCUT2D eigenvalue weighted by molar-refractivity contribution is 6.04. The van der Waals surface area contributed by atoms with Gasteiger partial charge in [0.25, 0.3) is 17.4 Å². The number of carbonyl (C=O) groups excluding carboxylic acids is 2. The van der Waals surface area contributed by atoms with Crippen molar-refractivity contribution in [3.8, 4) is 0 Å². The molecule has 2 amide bonds. The van der Waals surface area contributed by atoms with Gasteiger partial charge in [0, 0.05) is 30.7 Å². The number of carbonyl (C=O) groups is 2. The van der Waals surface area contributed by atoms with Crippen molar-refractivity contribution in [3.05, 3.63) is 88.1 Å². The number of hydrogen-bond donors (Lipinski definition) is 3. The van der Waals surface area contributed by atoms with Crippen LogP contribution >= 0.6 is 0 Å². The zero-order valence-corrected chi connectivity index (χ0v) is 13.6. The number of anilines is 1. The van der Waals surface area contributed by atoms with E-state index in [2.05, 4.69) is 25.8 Å². The van der Waals surface area contributed by atoms with Gasteiger partial charge in [-0.3, -0.25) is 19.4 Å². The molecule has 2 aromatic heterocycles. The minimum atomic E-state index is -0.411. The lowest BCUT2D eigenvalue weighted by molar-refractivity contribution is 0.0944. The number of hydrogen-bond acceptors (Lipinski definition) is 5. The second-order valence-electron chi connectivity index (χ2n) is 5.39. The maximum Gasteiger partial charge on any atom is 0.271 e. The van der Waals surface area contributed by atoms with E-state index in [1.807, 2.05) is 6.07 Å². The summed E-state index contributed by atoms with van der Waals surface area (Å²) in [5.41, 5.74) is 1.60. The quantitative estimate of drug-likeness (QED) is 0.643. The van der Waals surface area contributed by atoms with Gasteiger partial charge >= 0.3 is 0 Å². The summed E-state index contributed by atoms with van der Waals surface area (Å²) in [5, 5.41) is 11.4. The lowest BCUT2D eigenvalue weighted by Gasteiger charge is -2.08. The third-order valence-electron chi connectivity index (χ3n) is 3.47. The Bertz CT molecular complexity index is 965. The summed E-state index contributed by atoms with van der Waals surface area (Å²) in [6.45, 7) is 0.246. The topological polar surface area (TPSA) is 117 Å². The molecule has 0 fully saturated rings. The average molecular weight is 349 g/mol. The summed E-state index contributed by atoms with van der Waals surface area (Å²) in [7, 11) is 0. The fraction of sp³-hybridized carbons (Fsp3) is 0.0556. The van der Waals surface area contributed by atoms with Crippen LogP contribution in [0.15, 0.2) is 65.7 Å². The van der Waals surface area contributed by atoms with Gasteiger partial charge in [-0.25, -0.2) is 5.10 Å². The molecule has 0 aliphatic heterocycles. The number of pyridine rings is 1. The Morgan fingerprint density at radius 2 is 1.92 bits per heavy atom. The summed E-state index contributed by atoms with van der Waals surface area (Å²) < 4.78 is 0. The van der Waals surface area contributed by atoms with E-state index >= 15 is 0 Å². The Labute approximate surface area is 148 Å². The highest BCUT2D eigenvalue weighted by Gasteiger charge is 2.08. The summed E-state index contributed by atoms with van der Waals surface area (Å²) >= 11 is 0. The lowest BCUT2D eigenvalue weighted by atomic mass is 10.2. The van der Waals surface area contributed by atoms with Gasteiger partial charge in [0.2, 0.25) is 0 Å². The molecule has 0 bridgehead atoms. The molecule has 0 atom stereocenters. The summed E-state index contributed by atoms with van der Waals surface area (Å²) in [4.78, 5) is 39.0. The summed E-state index contributed by atoms with van der Waals surface area (Å²) in [6.07, 6.45) is 3.08. The Kier molecular flexibility index (Phi) is 5.14. The summed E-state index contributed by atoms with van der Waals surface area (Å²) in [5.74, 6) is -0.678. The first-order valence-electron chi connectivity index (χ1n) is 7.76. The zero-order valence-electron chi connectivity index (χ0n) is 13.6. The molecular formula is C18H15N5O3. The largest absolute Gasteiger partial charge is 0.347 e. The van der Waals surface area contributed by atoms with E-state index < -0.39 is 5.91 Å². The van der Waals surface area contributed by atoms with Gasteiger partial charge < -0.3 is 10.6 Å². The molecule has 3 aromatic rings. The van der Waals surface area contributed by atoms with Crippen molar-refractivity contribution in [3.63, 3.8) is 0 Å². The van der Waals surface area contributed by atoms with E-state index in [4.69, 9.17) is 0 Å². The first-order chi connectivity index (χ1) is 12.6. The van der Waals surface area contributed by atoms with E-state index in [0.29, 0.717) is 11.3 Å².